The van der Waals surface area contributed by atoms with Gasteiger partial charge >= 0.3 is 12.1 Å². The molecule has 152 valence electrons. The number of aromatic hydroxyl groups is 2. The molecule has 9 heteroatoms. The van der Waals surface area contributed by atoms with Crippen LogP contribution < -0.4 is 5.32 Å². The third kappa shape index (κ3) is 6.28. The van der Waals surface area contributed by atoms with E-state index in [4.69, 9.17) is 9.90 Å². The number of nitrogens with one attached hydrogen (secondary N) is 1. The summed E-state index contributed by atoms with van der Waals surface area (Å²) in [5, 5.41) is 30.0. The zero-order valence-corrected chi connectivity index (χ0v) is 14.9. The number of hydrogen-bond donors (Lipinski definition) is 4. The fourth-order valence-electron chi connectivity index (χ4n) is 3.70. The molecule has 1 aromatic rings. The van der Waals surface area contributed by atoms with Crippen molar-refractivity contribution in [2.75, 3.05) is 26.2 Å². The topological polar surface area (TPSA) is 93.0 Å². The molecule has 1 aliphatic carbocycles. The number of aliphatic carboxylic acids is 1. The third-order valence-electron chi connectivity index (χ3n) is 5.01. The molecule has 0 aromatic heterocycles. The summed E-state index contributed by atoms with van der Waals surface area (Å²) in [4.78, 5) is 11.5. The zero-order chi connectivity index (χ0) is 20.0. The number of hydrogen-bond acceptors (Lipinski definition) is 5. The minimum absolute atomic E-state index is 0.140. The average molecular weight is 390 g/mol. The van der Waals surface area contributed by atoms with Crippen molar-refractivity contribution in [3.05, 3.63) is 23.8 Å². The smallest absolute Gasteiger partial charge is 0.490 e. The molecule has 6 nitrogen and oxygen atoms in total. The molecule has 0 spiro atoms. The molecule has 1 saturated carbocycles. The molecule has 1 saturated heterocycles. The molecule has 1 heterocycles. The van der Waals surface area contributed by atoms with Gasteiger partial charge in [0.1, 0.15) is 11.5 Å². The SMILES string of the molecule is O=C(O)C(F)(F)F.Oc1ccc(C2CCCC(N3CCNCC3)C2)c(O)c1. The Labute approximate surface area is 155 Å². The number of halogens is 3. The van der Waals surface area contributed by atoms with Crippen molar-refractivity contribution in [1.29, 1.82) is 0 Å². The Bertz CT molecular complexity index is 634. The summed E-state index contributed by atoms with van der Waals surface area (Å²) in [6.07, 6.45) is -0.325. The first-order valence-corrected chi connectivity index (χ1v) is 8.95. The minimum atomic E-state index is -5.08. The molecular formula is C18H25F3N2O4. The van der Waals surface area contributed by atoms with Crippen LogP contribution in [0, 0.1) is 0 Å². The lowest BCUT2D eigenvalue weighted by molar-refractivity contribution is -0.192. The summed E-state index contributed by atoms with van der Waals surface area (Å²) in [5.41, 5.74) is 1.00. The number of carboxylic acids is 1. The van der Waals surface area contributed by atoms with E-state index in [1.807, 2.05) is 6.07 Å². The predicted molar refractivity (Wildman–Crippen MR) is 92.9 cm³/mol. The fourth-order valence-corrected chi connectivity index (χ4v) is 3.70. The molecule has 1 aromatic carbocycles. The second-order valence-corrected chi connectivity index (χ2v) is 6.85. The molecule has 0 amide bonds. The Morgan fingerprint density at radius 3 is 2.33 bits per heavy atom. The highest BCUT2D eigenvalue weighted by Gasteiger charge is 2.38. The van der Waals surface area contributed by atoms with Gasteiger partial charge in [0.15, 0.2) is 0 Å². The maximum absolute atomic E-state index is 10.6. The number of phenolic OH excluding ortho intramolecular Hbond substituents is 2. The molecule has 27 heavy (non-hydrogen) atoms. The van der Waals surface area contributed by atoms with Crippen LogP contribution in [-0.2, 0) is 4.79 Å². The number of benzene rings is 1. The first-order chi connectivity index (χ1) is 12.7. The summed E-state index contributed by atoms with van der Waals surface area (Å²) in [6.45, 7) is 4.45. The Kier molecular flexibility index (Phi) is 7.32. The van der Waals surface area contributed by atoms with E-state index in [1.54, 1.807) is 6.07 Å². The molecular weight excluding hydrogens is 365 g/mol. The summed E-state index contributed by atoms with van der Waals surface area (Å²) < 4.78 is 31.7. The first kappa shape index (κ1) is 21.3. The van der Waals surface area contributed by atoms with Crippen molar-refractivity contribution in [3.8, 4) is 11.5 Å². The van der Waals surface area contributed by atoms with Crippen LogP contribution in [0.2, 0.25) is 0 Å². The van der Waals surface area contributed by atoms with Gasteiger partial charge in [0, 0.05) is 38.3 Å². The van der Waals surface area contributed by atoms with E-state index < -0.39 is 12.1 Å². The van der Waals surface area contributed by atoms with E-state index >= 15 is 0 Å². The lowest BCUT2D eigenvalue weighted by Gasteiger charge is -2.39. The van der Waals surface area contributed by atoms with Crippen LogP contribution in [0.15, 0.2) is 18.2 Å². The van der Waals surface area contributed by atoms with Gasteiger partial charge in [0.2, 0.25) is 0 Å². The monoisotopic (exact) mass is 390 g/mol. The van der Waals surface area contributed by atoms with Gasteiger partial charge in [-0.05, 0) is 36.8 Å². The van der Waals surface area contributed by atoms with E-state index in [1.165, 1.54) is 18.9 Å². The van der Waals surface area contributed by atoms with Gasteiger partial charge in [-0.15, -0.1) is 0 Å². The quantitative estimate of drug-likeness (QED) is 0.621. The van der Waals surface area contributed by atoms with Crippen molar-refractivity contribution >= 4 is 5.97 Å². The number of rotatable bonds is 2. The summed E-state index contributed by atoms with van der Waals surface area (Å²) in [7, 11) is 0. The van der Waals surface area contributed by atoms with Crippen molar-refractivity contribution in [1.82, 2.24) is 10.2 Å². The summed E-state index contributed by atoms with van der Waals surface area (Å²) in [5.74, 6) is -1.95. The number of carbonyl (C=O) groups is 1. The van der Waals surface area contributed by atoms with Crippen LogP contribution in [0.1, 0.15) is 37.2 Å². The molecule has 0 radical (unpaired) electrons. The zero-order valence-electron chi connectivity index (χ0n) is 14.9. The van der Waals surface area contributed by atoms with E-state index in [-0.39, 0.29) is 11.5 Å². The van der Waals surface area contributed by atoms with Gasteiger partial charge < -0.3 is 20.6 Å². The number of alkyl halides is 3. The van der Waals surface area contributed by atoms with Crippen LogP contribution in [0.5, 0.6) is 11.5 Å². The molecule has 2 fully saturated rings. The van der Waals surface area contributed by atoms with Gasteiger partial charge in [0.05, 0.1) is 0 Å². The average Bonchev–Trinajstić information content (AvgIpc) is 2.62. The van der Waals surface area contributed by atoms with Crippen LogP contribution in [-0.4, -0.2) is 64.6 Å². The maximum Gasteiger partial charge on any atom is 0.490 e. The lowest BCUT2D eigenvalue weighted by atomic mass is 9.80. The number of piperazine rings is 1. The molecule has 2 aliphatic rings. The van der Waals surface area contributed by atoms with Gasteiger partial charge in [0.25, 0.3) is 0 Å². The van der Waals surface area contributed by atoms with Crippen molar-refractivity contribution in [2.24, 2.45) is 0 Å². The largest absolute Gasteiger partial charge is 0.508 e. The lowest BCUT2D eigenvalue weighted by Crippen LogP contribution is -2.49. The number of phenols is 2. The van der Waals surface area contributed by atoms with E-state index in [2.05, 4.69) is 10.2 Å². The van der Waals surface area contributed by atoms with Crippen LogP contribution in [0.25, 0.3) is 0 Å². The van der Waals surface area contributed by atoms with E-state index in [0.29, 0.717) is 12.0 Å². The van der Waals surface area contributed by atoms with E-state index in [0.717, 1.165) is 44.6 Å². The molecule has 0 bridgehead atoms. The third-order valence-corrected chi connectivity index (χ3v) is 5.01. The molecule has 1 aliphatic heterocycles. The van der Waals surface area contributed by atoms with Crippen LogP contribution in [0.3, 0.4) is 0 Å². The molecule has 4 N–H and O–H groups in total. The Morgan fingerprint density at radius 1 is 1.15 bits per heavy atom. The molecule has 3 rings (SSSR count). The second-order valence-electron chi connectivity index (χ2n) is 6.85. The Balaban J connectivity index is 0.000000321. The number of nitrogens with zero attached hydrogens (tertiary/aromatic N) is 1. The van der Waals surface area contributed by atoms with Gasteiger partial charge in [-0.2, -0.15) is 13.2 Å². The Hall–Kier alpha value is -2.00. The summed E-state index contributed by atoms with van der Waals surface area (Å²) >= 11 is 0. The maximum atomic E-state index is 10.6. The molecule has 2 atom stereocenters. The van der Waals surface area contributed by atoms with Gasteiger partial charge in [-0.25, -0.2) is 4.79 Å². The highest BCUT2D eigenvalue weighted by atomic mass is 19.4. The van der Waals surface area contributed by atoms with E-state index in [9.17, 15) is 23.4 Å². The van der Waals surface area contributed by atoms with Crippen LogP contribution in [0.4, 0.5) is 13.2 Å². The highest BCUT2D eigenvalue weighted by molar-refractivity contribution is 5.73. The number of carboxylic acid groups (broad SMARTS) is 1. The minimum Gasteiger partial charge on any atom is -0.508 e. The van der Waals surface area contributed by atoms with Crippen LogP contribution >= 0.6 is 0 Å². The first-order valence-electron chi connectivity index (χ1n) is 8.95. The predicted octanol–water partition coefficient (Wildman–Crippen LogP) is 2.66. The molecule has 2 unspecified atom stereocenters. The fraction of sp³-hybridized carbons (Fsp3) is 0.611. The normalized spacial score (nSPS) is 24.0. The van der Waals surface area contributed by atoms with Gasteiger partial charge in [-0.1, -0.05) is 12.5 Å². The Morgan fingerprint density at radius 2 is 1.78 bits per heavy atom. The van der Waals surface area contributed by atoms with Crippen molar-refractivity contribution in [2.45, 2.75) is 43.8 Å². The highest BCUT2D eigenvalue weighted by Crippen LogP contribution is 2.39. The standard InChI is InChI=1S/C16H24N2O2.C2HF3O2/c19-14-4-5-15(16(20)11-14)12-2-1-3-13(10-12)18-8-6-17-7-9-18;3-2(4,5)1(6)7/h4-5,11-13,17,19-20H,1-3,6-10H2;(H,6,7). The van der Waals surface area contributed by atoms with Crippen molar-refractivity contribution < 1.29 is 33.3 Å². The second kappa shape index (κ2) is 9.27. The van der Waals surface area contributed by atoms with Crippen molar-refractivity contribution in [3.63, 3.8) is 0 Å². The summed E-state index contributed by atoms with van der Waals surface area (Å²) in [6, 6.07) is 5.67. The van der Waals surface area contributed by atoms with Gasteiger partial charge in [-0.3, -0.25) is 4.90 Å².